The number of methoxy groups -OCH3 is 2. The summed E-state index contributed by atoms with van der Waals surface area (Å²) < 4.78 is 9.99. The molecule has 29 heavy (non-hydrogen) atoms. The molecule has 7 heteroatoms. The SMILES string of the molecule is COC(=O)[C@@H]1CCCN1C(=O)[C@@H](O)[C@H](Nc1ccc(OC)cc1)c1ccccc1. The van der Waals surface area contributed by atoms with Crippen LogP contribution in [-0.4, -0.2) is 54.8 Å². The van der Waals surface area contributed by atoms with Crippen molar-refractivity contribution < 1.29 is 24.2 Å². The topological polar surface area (TPSA) is 88.1 Å². The van der Waals surface area contributed by atoms with Crippen LogP contribution >= 0.6 is 0 Å². The Labute approximate surface area is 170 Å². The van der Waals surface area contributed by atoms with Gasteiger partial charge in [0.15, 0.2) is 6.10 Å². The normalized spacial score (nSPS) is 18.0. The van der Waals surface area contributed by atoms with E-state index in [0.717, 1.165) is 11.3 Å². The van der Waals surface area contributed by atoms with E-state index in [-0.39, 0.29) is 0 Å². The number of ether oxygens (including phenoxy) is 2. The lowest BCUT2D eigenvalue weighted by Gasteiger charge is -2.30. The zero-order valence-corrected chi connectivity index (χ0v) is 16.6. The van der Waals surface area contributed by atoms with E-state index in [1.54, 1.807) is 19.2 Å². The molecule has 0 aliphatic carbocycles. The van der Waals surface area contributed by atoms with Gasteiger partial charge in [-0.3, -0.25) is 4.79 Å². The van der Waals surface area contributed by atoms with Gasteiger partial charge in [-0.05, 0) is 42.7 Å². The Morgan fingerprint density at radius 2 is 1.79 bits per heavy atom. The van der Waals surface area contributed by atoms with Crippen LogP contribution in [0.3, 0.4) is 0 Å². The molecule has 1 fully saturated rings. The van der Waals surface area contributed by atoms with Gasteiger partial charge in [0, 0.05) is 12.2 Å². The van der Waals surface area contributed by atoms with Crippen molar-refractivity contribution >= 4 is 17.6 Å². The van der Waals surface area contributed by atoms with E-state index in [1.807, 2.05) is 42.5 Å². The van der Waals surface area contributed by atoms with E-state index in [1.165, 1.54) is 12.0 Å². The number of aliphatic hydroxyl groups is 1. The fraction of sp³-hybridized carbons (Fsp3) is 0.364. The number of carbonyl (C=O) groups is 2. The van der Waals surface area contributed by atoms with E-state index < -0.39 is 30.1 Å². The van der Waals surface area contributed by atoms with Gasteiger partial charge in [0.05, 0.1) is 20.3 Å². The first-order valence-electron chi connectivity index (χ1n) is 9.57. The average molecular weight is 398 g/mol. The number of anilines is 1. The highest BCUT2D eigenvalue weighted by Gasteiger charge is 2.40. The Balaban J connectivity index is 1.84. The monoisotopic (exact) mass is 398 g/mol. The molecule has 0 unspecified atom stereocenters. The van der Waals surface area contributed by atoms with Gasteiger partial charge in [0.1, 0.15) is 11.8 Å². The molecule has 1 aliphatic rings. The van der Waals surface area contributed by atoms with Crippen molar-refractivity contribution in [2.45, 2.75) is 31.0 Å². The smallest absolute Gasteiger partial charge is 0.328 e. The van der Waals surface area contributed by atoms with Crippen LogP contribution in [0.25, 0.3) is 0 Å². The lowest BCUT2D eigenvalue weighted by molar-refractivity contribution is -0.154. The Morgan fingerprint density at radius 1 is 1.10 bits per heavy atom. The molecular formula is C22H26N2O5. The summed E-state index contributed by atoms with van der Waals surface area (Å²) in [4.78, 5) is 26.5. The number of aliphatic hydroxyl groups excluding tert-OH is 1. The predicted molar refractivity (Wildman–Crippen MR) is 109 cm³/mol. The molecular weight excluding hydrogens is 372 g/mol. The number of hydrogen-bond donors (Lipinski definition) is 2. The third-order valence-electron chi connectivity index (χ3n) is 5.15. The number of nitrogens with one attached hydrogen (secondary N) is 1. The molecule has 1 heterocycles. The number of amides is 1. The van der Waals surface area contributed by atoms with Gasteiger partial charge < -0.3 is 24.8 Å². The summed E-state index contributed by atoms with van der Waals surface area (Å²) >= 11 is 0. The summed E-state index contributed by atoms with van der Waals surface area (Å²) in [6, 6.07) is 15.2. The zero-order chi connectivity index (χ0) is 20.8. The second-order valence-electron chi connectivity index (χ2n) is 6.92. The molecule has 1 amide bonds. The van der Waals surface area contributed by atoms with Crippen molar-refractivity contribution in [2.75, 3.05) is 26.1 Å². The summed E-state index contributed by atoms with van der Waals surface area (Å²) in [5.74, 6) is -0.239. The molecule has 0 aromatic heterocycles. The number of benzene rings is 2. The lowest BCUT2D eigenvalue weighted by Crippen LogP contribution is -2.48. The highest BCUT2D eigenvalue weighted by Crippen LogP contribution is 2.28. The van der Waals surface area contributed by atoms with Crippen LogP contribution in [0, 0.1) is 0 Å². The summed E-state index contributed by atoms with van der Waals surface area (Å²) in [6.45, 7) is 0.416. The molecule has 2 aromatic rings. The minimum absolute atomic E-state index is 0.416. The molecule has 0 bridgehead atoms. The number of rotatable bonds is 7. The average Bonchev–Trinajstić information content (AvgIpc) is 3.27. The van der Waals surface area contributed by atoms with Crippen molar-refractivity contribution in [3.8, 4) is 5.75 Å². The van der Waals surface area contributed by atoms with Crippen molar-refractivity contribution in [3.05, 3.63) is 60.2 Å². The fourth-order valence-corrected chi connectivity index (χ4v) is 3.60. The summed E-state index contributed by atoms with van der Waals surface area (Å²) in [5, 5.41) is 14.2. The quantitative estimate of drug-likeness (QED) is 0.697. The number of hydrogen-bond acceptors (Lipinski definition) is 6. The van der Waals surface area contributed by atoms with E-state index in [4.69, 9.17) is 9.47 Å². The van der Waals surface area contributed by atoms with Gasteiger partial charge in [-0.15, -0.1) is 0 Å². The molecule has 154 valence electrons. The Hall–Kier alpha value is -3.06. The van der Waals surface area contributed by atoms with Gasteiger partial charge in [0.2, 0.25) is 0 Å². The van der Waals surface area contributed by atoms with Crippen LogP contribution in [0.15, 0.2) is 54.6 Å². The van der Waals surface area contributed by atoms with Crippen LogP contribution in [0.4, 0.5) is 5.69 Å². The summed E-state index contributed by atoms with van der Waals surface area (Å²) in [7, 11) is 2.89. The highest BCUT2D eigenvalue weighted by molar-refractivity contribution is 5.88. The molecule has 3 atom stereocenters. The van der Waals surface area contributed by atoms with E-state index in [2.05, 4.69) is 5.32 Å². The highest BCUT2D eigenvalue weighted by atomic mass is 16.5. The van der Waals surface area contributed by atoms with Gasteiger partial charge in [0.25, 0.3) is 5.91 Å². The fourth-order valence-electron chi connectivity index (χ4n) is 3.60. The minimum atomic E-state index is -1.37. The first-order chi connectivity index (χ1) is 14.0. The number of carbonyl (C=O) groups excluding carboxylic acids is 2. The third-order valence-corrected chi connectivity index (χ3v) is 5.15. The van der Waals surface area contributed by atoms with Crippen molar-refractivity contribution in [1.82, 2.24) is 4.90 Å². The van der Waals surface area contributed by atoms with Crippen molar-refractivity contribution in [3.63, 3.8) is 0 Å². The Morgan fingerprint density at radius 3 is 2.41 bits per heavy atom. The minimum Gasteiger partial charge on any atom is -0.497 e. The van der Waals surface area contributed by atoms with Gasteiger partial charge in [-0.25, -0.2) is 4.79 Å². The number of esters is 1. The largest absolute Gasteiger partial charge is 0.497 e. The van der Waals surface area contributed by atoms with E-state index in [9.17, 15) is 14.7 Å². The molecule has 2 aromatic carbocycles. The van der Waals surface area contributed by atoms with Crippen molar-refractivity contribution in [2.24, 2.45) is 0 Å². The predicted octanol–water partition coefficient (Wildman–Crippen LogP) is 2.37. The molecule has 1 saturated heterocycles. The van der Waals surface area contributed by atoms with Crippen LogP contribution in [-0.2, 0) is 14.3 Å². The standard InChI is InChI=1S/C22H26N2O5/c1-28-17-12-10-16(11-13-17)23-19(15-7-4-3-5-8-15)20(25)21(26)24-14-6-9-18(24)22(27)29-2/h3-5,7-8,10-13,18-20,23,25H,6,9,14H2,1-2H3/t18-,19+,20-/m0/s1. The van der Waals surface area contributed by atoms with Gasteiger partial charge in [-0.1, -0.05) is 30.3 Å². The van der Waals surface area contributed by atoms with Crippen LogP contribution in [0.5, 0.6) is 5.75 Å². The van der Waals surface area contributed by atoms with Gasteiger partial charge >= 0.3 is 5.97 Å². The van der Waals surface area contributed by atoms with E-state index >= 15 is 0 Å². The number of nitrogens with zero attached hydrogens (tertiary/aromatic N) is 1. The van der Waals surface area contributed by atoms with Crippen molar-refractivity contribution in [1.29, 1.82) is 0 Å². The molecule has 0 radical (unpaired) electrons. The van der Waals surface area contributed by atoms with E-state index in [0.29, 0.717) is 25.1 Å². The first-order valence-corrected chi connectivity index (χ1v) is 9.57. The second-order valence-corrected chi connectivity index (χ2v) is 6.92. The molecule has 0 spiro atoms. The van der Waals surface area contributed by atoms with Gasteiger partial charge in [-0.2, -0.15) is 0 Å². The zero-order valence-electron chi connectivity index (χ0n) is 16.6. The second kappa shape index (κ2) is 9.43. The Kier molecular flexibility index (Phi) is 6.72. The molecule has 0 saturated carbocycles. The molecule has 1 aliphatic heterocycles. The lowest BCUT2D eigenvalue weighted by atomic mass is 9.99. The maximum Gasteiger partial charge on any atom is 0.328 e. The maximum absolute atomic E-state index is 13.1. The van der Waals surface area contributed by atoms with Crippen LogP contribution in [0.2, 0.25) is 0 Å². The van der Waals surface area contributed by atoms with Crippen LogP contribution < -0.4 is 10.1 Å². The molecule has 7 nitrogen and oxygen atoms in total. The Bertz CT molecular complexity index is 825. The third kappa shape index (κ3) is 4.68. The summed E-state index contributed by atoms with van der Waals surface area (Å²) in [6.07, 6.45) is -0.141. The first kappa shape index (κ1) is 20.7. The number of likely N-dealkylation sites (tertiary alicyclic amines) is 1. The van der Waals surface area contributed by atoms with Crippen LogP contribution in [0.1, 0.15) is 24.4 Å². The molecule has 3 rings (SSSR count). The summed E-state index contributed by atoms with van der Waals surface area (Å²) in [5.41, 5.74) is 1.50. The maximum atomic E-state index is 13.1. The molecule has 2 N–H and O–H groups in total.